The summed E-state index contributed by atoms with van der Waals surface area (Å²) < 4.78 is 0. The molecule has 9 nitrogen and oxygen atoms in total. The second-order valence-electron chi connectivity index (χ2n) is 8.34. The Labute approximate surface area is 198 Å². The van der Waals surface area contributed by atoms with Crippen LogP contribution in [-0.4, -0.2) is 46.4 Å². The van der Waals surface area contributed by atoms with Crippen LogP contribution in [0.15, 0.2) is 55.3 Å². The molecule has 9 heteroatoms. The van der Waals surface area contributed by atoms with E-state index in [0.29, 0.717) is 35.1 Å². The molecular formula is C25H29N7O2. The van der Waals surface area contributed by atoms with Crippen LogP contribution in [0, 0.1) is 0 Å². The first-order chi connectivity index (χ1) is 16.1. The second-order valence-corrected chi connectivity index (χ2v) is 8.34. The zero-order valence-corrected chi connectivity index (χ0v) is 18.1. The fourth-order valence-corrected chi connectivity index (χ4v) is 4.53. The summed E-state index contributed by atoms with van der Waals surface area (Å²) in [6.45, 7) is 5.93. The number of piperidine rings is 1. The SMILES string of the molecule is C.C=CC(=O)Nc1ccccc1Nc1nccc(-c2cc3c([nH]2)C2(CCCNC2)CNC3=O)n1. The molecule has 1 unspecified atom stereocenters. The summed E-state index contributed by atoms with van der Waals surface area (Å²) in [4.78, 5) is 36.8. The molecule has 0 bridgehead atoms. The minimum absolute atomic E-state index is 0. The van der Waals surface area contributed by atoms with Crippen molar-refractivity contribution in [3.05, 3.63) is 66.5 Å². The van der Waals surface area contributed by atoms with Gasteiger partial charge in [-0.15, -0.1) is 0 Å². The first-order valence-corrected chi connectivity index (χ1v) is 10.9. The number of carbonyl (C=O) groups is 2. The number of carbonyl (C=O) groups excluding carboxylic acids is 2. The number of para-hydroxylation sites is 2. The first kappa shape index (κ1) is 23.2. The number of nitrogens with zero attached hydrogens (tertiary/aromatic N) is 2. The predicted octanol–water partition coefficient (Wildman–Crippen LogP) is 3.34. The molecule has 0 saturated carbocycles. The fraction of sp³-hybridized carbons (Fsp3) is 0.280. The number of benzene rings is 1. The Bertz CT molecular complexity index is 1230. The Hall–Kier alpha value is -3.98. The van der Waals surface area contributed by atoms with Crippen molar-refractivity contribution in [1.82, 2.24) is 25.6 Å². The average molecular weight is 460 g/mol. The molecule has 34 heavy (non-hydrogen) atoms. The fourth-order valence-electron chi connectivity index (χ4n) is 4.53. The van der Waals surface area contributed by atoms with E-state index in [2.05, 4.69) is 42.8 Å². The summed E-state index contributed by atoms with van der Waals surface area (Å²) in [5.74, 6) is 0.00200. The number of rotatable bonds is 5. The highest BCUT2D eigenvalue weighted by Crippen LogP contribution is 2.37. The van der Waals surface area contributed by atoms with Crippen molar-refractivity contribution in [3.63, 3.8) is 0 Å². The van der Waals surface area contributed by atoms with Gasteiger partial charge in [0.1, 0.15) is 0 Å². The summed E-state index contributed by atoms with van der Waals surface area (Å²) in [6.07, 6.45) is 4.95. The number of anilines is 3. The predicted molar refractivity (Wildman–Crippen MR) is 133 cm³/mol. The molecule has 2 amide bonds. The lowest BCUT2D eigenvalue weighted by atomic mass is 9.74. The Balaban J connectivity index is 0.00000274. The Morgan fingerprint density at radius 2 is 2.00 bits per heavy atom. The van der Waals surface area contributed by atoms with Gasteiger partial charge in [-0.25, -0.2) is 9.97 Å². The van der Waals surface area contributed by atoms with Crippen molar-refractivity contribution in [2.75, 3.05) is 30.3 Å². The molecule has 5 rings (SSSR count). The van der Waals surface area contributed by atoms with Gasteiger partial charge < -0.3 is 26.3 Å². The van der Waals surface area contributed by atoms with E-state index >= 15 is 0 Å². The summed E-state index contributed by atoms with van der Waals surface area (Å²) in [7, 11) is 0. The molecule has 0 radical (unpaired) electrons. The zero-order chi connectivity index (χ0) is 22.8. The third kappa shape index (κ3) is 4.29. The number of aromatic nitrogens is 3. The lowest BCUT2D eigenvalue weighted by molar-refractivity contribution is -0.111. The minimum atomic E-state index is -0.305. The van der Waals surface area contributed by atoms with Crippen LogP contribution in [0.1, 0.15) is 36.3 Å². The van der Waals surface area contributed by atoms with Gasteiger partial charge in [0.05, 0.1) is 28.3 Å². The van der Waals surface area contributed by atoms with E-state index in [-0.39, 0.29) is 24.7 Å². The molecule has 176 valence electrons. The van der Waals surface area contributed by atoms with Gasteiger partial charge in [0.15, 0.2) is 0 Å². The van der Waals surface area contributed by atoms with Crippen molar-refractivity contribution in [2.24, 2.45) is 0 Å². The molecule has 1 aromatic carbocycles. The maximum absolute atomic E-state index is 12.6. The van der Waals surface area contributed by atoms with E-state index in [1.807, 2.05) is 24.3 Å². The lowest BCUT2D eigenvalue weighted by Crippen LogP contribution is -2.54. The van der Waals surface area contributed by atoms with Crippen molar-refractivity contribution < 1.29 is 9.59 Å². The van der Waals surface area contributed by atoms with Gasteiger partial charge in [-0.3, -0.25) is 9.59 Å². The molecule has 3 aromatic rings. The summed E-state index contributed by atoms with van der Waals surface area (Å²) >= 11 is 0. The normalized spacial score (nSPS) is 18.9. The zero-order valence-electron chi connectivity index (χ0n) is 18.1. The average Bonchev–Trinajstić information content (AvgIpc) is 3.31. The molecule has 1 fully saturated rings. The third-order valence-corrected chi connectivity index (χ3v) is 6.20. The molecule has 1 spiro atoms. The van der Waals surface area contributed by atoms with E-state index in [1.54, 1.807) is 18.3 Å². The molecule has 2 aliphatic heterocycles. The molecule has 1 atom stereocenters. The maximum atomic E-state index is 12.6. The van der Waals surface area contributed by atoms with Crippen LogP contribution in [0.5, 0.6) is 0 Å². The summed E-state index contributed by atoms with van der Waals surface area (Å²) in [6, 6.07) is 11.0. The first-order valence-electron chi connectivity index (χ1n) is 10.9. The largest absolute Gasteiger partial charge is 0.356 e. The molecule has 1 saturated heterocycles. The number of hydrogen-bond acceptors (Lipinski definition) is 6. The highest BCUT2D eigenvalue weighted by molar-refractivity contribution is 6.01. The van der Waals surface area contributed by atoms with Crippen molar-refractivity contribution in [3.8, 4) is 11.4 Å². The minimum Gasteiger partial charge on any atom is -0.356 e. The Morgan fingerprint density at radius 3 is 2.76 bits per heavy atom. The van der Waals surface area contributed by atoms with Gasteiger partial charge in [-0.05, 0) is 49.7 Å². The van der Waals surface area contributed by atoms with E-state index in [1.165, 1.54) is 6.08 Å². The summed E-state index contributed by atoms with van der Waals surface area (Å²) in [5, 5.41) is 12.4. The second kappa shape index (κ2) is 9.48. The monoisotopic (exact) mass is 459 g/mol. The molecule has 4 heterocycles. The highest BCUT2D eigenvalue weighted by atomic mass is 16.2. The quantitative estimate of drug-likeness (QED) is 0.373. The maximum Gasteiger partial charge on any atom is 0.253 e. The number of aromatic amines is 1. The Morgan fingerprint density at radius 1 is 1.18 bits per heavy atom. The number of hydrogen-bond donors (Lipinski definition) is 5. The van der Waals surface area contributed by atoms with Gasteiger partial charge in [-0.1, -0.05) is 26.1 Å². The van der Waals surface area contributed by atoms with Crippen molar-refractivity contribution in [1.29, 1.82) is 0 Å². The van der Waals surface area contributed by atoms with Crippen LogP contribution < -0.4 is 21.3 Å². The van der Waals surface area contributed by atoms with E-state index < -0.39 is 0 Å². The van der Waals surface area contributed by atoms with Gasteiger partial charge in [0, 0.05) is 30.4 Å². The lowest BCUT2D eigenvalue weighted by Gasteiger charge is -2.40. The van der Waals surface area contributed by atoms with Crippen LogP contribution >= 0.6 is 0 Å². The summed E-state index contributed by atoms with van der Waals surface area (Å²) in [5.41, 5.74) is 4.19. The number of nitrogens with one attached hydrogen (secondary N) is 5. The number of amides is 2. The molecule has 2 aromatic heterocycles. The van der Waals surface area contributed by atoms with E-state index in [4.69, 9.17) is 0 Å². The van der Waals surface area contributed by atoms with Gasteiger partial charge >= 0.3 is 0 Å². The molecule has 5 N–H and O–H groups in total. The standard InChI is InChI=1S/C24H25N7O2.CH4/c1-2-20(32)28-16-6-3-4-7-17(16)30-23-26-11-8-18(31-23)19-12-15-21(29-19)24(14-27-22(15)33)9-5-10-25-13-24;/h2-4,6-8,11-12,25,29H,1,5,9-10,13-14H2,(H,27,33)(H,28,32)(H,26,30,31);1H4. The smallest absolute Gasteiger partial charge is 0.253 e. The third-order valence-electron chi connectivity index (χ3n) is 6.20. The van der Waals surface area contributed by atoms with Gasteiger partial charge in [-0.2, -0.15) is 0 Å². The van der Waals surface area contributed by atoms with Crippen LogP contribution in [-0.2, 0) is 10.2 Å². The molecular weight excluding hydrogens is 430 g/mol. The highest BCUT2D eigenvalue weighted by Gasteiger charge is 2.42. The van der Waals surface area contributed by atoms with Crippen molar-refractivity contribution >= 4 is 29.1 Å². The van der Waals surface area contributed by atoms with Crippen LogP contribution in [0.2, 0.25) is 0 Å². The number of H-pyrrole nitrogens is 1. The number of fused-ring (bicyclic) bond motifs is 2. The van der Waals surface area contributed by atoms with Crippen molar-refractivity contribution in [2.45, 2.75) is 25.7 Å². The van der Waals surface area contributed by atoms with Crippen LogP contribution in [0.3, 0.4) is 0 Å². The Kier molecular flexibility index (Phi) is 6.47. The molecule has 0 aliphatic carbocycles. The molecule has 2 aliphatic rings. The van der Waals surface area contributed by atoms with E-state index in [9.17, 15) is 9.59 Å². The van der Waals surface area contributed by atoms with Gasteiger partial charge in [0.25, 0.3) is 5.91 Å². The topological polar surface area (TPSA) is 124 Å². The van der Waals surface area contributed by atoms with Crippen LogP contribution in [0.25, 0.3) is 11.4 Å². The van der Waals surface area contributed by atoms with Crippen LogP contribution in [0.4, 0.5) is 17.3 Å². The van der Waals surface area contributed by atoms with Gasteiger partial charge in [0.2, 0.25) is 11.9 Å². The van der Waals surface area contributed by atoms with E-state index in [0.717, 1.165) is 37.3 Å².